The summed E-state index contributed by atoms with van der Waals surface area (Å²) < 4.78 is 14.0. The maximum absolute atomic E-state index is 7.20. The molecule has 1 unspecified atom stereocenters. The molecule has 3 aliphatic rings. The van der Waals surface area contributed by atoms with Gasteiger partial charge in [-0.25, -0.2) is 0 Å². The van der Waals surface area contributed by atoms with Crippen LogP contribution in [0.1, 0.15) is 44.7 Å². The van der Waals surface area contributed by atoms with Crippen LogP contribution < -0.4 is 14.8 Å². The number of hydrogen-bond donors (Lipinski definition) is 0. The first kappa shape index (κ1) is 33.9. The third-order valence-corrected chi connectivity index (χ3v) is 13.9. The second-order valence-corrected chi connectivity index (χ2v) is 16.4. The molecule has 1 aliphatic carbocycles. The standard InChI is InChI=1S/C45H41O2PS/c1-7-11-14-21-31(5)36-26-27-40-42(29-36)48(49)41(28-32(6)33-22-15-12-16-23-33)39(10-4)46-43-37(34(19-8-2)20-9-3)30-38(44(47-40)45(43)48)35-24-17-13-18-25-35/h7-25,28-30H,1-2,4,26-27H2,3,5-6H3/b14-11-,20-9-,31-21+,32-28+,34-19+. The average molecular weight is 677 g/mol. The van der Waals surface area contributed by atoms with Crippen molar-refractivity contribution in [3.05, 3.63) is 198 Å². The van der Waals surface area contributed by atoms with Gasteiger partial charge in [0.25, 0.3) is 0 Å². The molecule has 0 radical (unpaired) electrons. The molecular formula is C45H41O2PS. The summed E-state index contributed by atoms with van der Waals surface area (Å²) in [6, 6.07) is 20.2. The van der Waals surface area contributed by atoms with Crippen molar-refractivity contribution in [3.63, 3.8) is 0 Å². The summed E-state index contributed by atoms with van der Waals surface area (Å²) in [6.07, 6.45) is 23.8. The Morgan fingerprint density at radius 3 is 2.24 bits per heavy atom. The number of hydrogen-bond acceptors (Lipinski definition) is 3. The zero-order chi connectivity index (χ0) is 34.5. The molecule has 6 rings (SSSR count). The molecule has 1 atom stereocenters. The SMILES string of the molecule is C=C/C=C\C=C(/C)C1=CC2=C(CC1)Oc1c(-c3ccccc3)cc(C(/C=C\C)=C/C=C)c3c1P2(=S)C(/C=C(\C)c1ccccc1)=C(C=C)O3. The van der Waals surface area contributed by atoms with Gasteiger partial charge >= 0.3 is 0 Å². The molecule has 0 spiro atoms. The van der Waals surface area contributed by atoms with Crippen molar-refractivity contribution in [3.8, 4) is 22.6 Å². The molecule has 0 bridgehead atoms. The molecule has 4 heteroatoms. The monoisotopic (exact) mass is 676 g/mol. The van der Waals surface area contributed by atoms with Crippen LogP contribution in [0.2, 0.25) is 0 Å². The van der Waals surface area contributed by atoms with E-state index in [-0.39, 0.29) is 0 Å². The predicted octanol–water partition coefficient (Wildman–Crippen LogP) is 12.5. The van der Waals surface area contributed by atoms with Gasteiger partial charge in [0.05, 0.1) is 11.3 Å². The molecule has 3 aromatic rings. The Kier molecular flexibility index (Phi) is 10.2. The van der Waals surface area contributed by atoms with Crippen molar-refractivity contribution in [2.24, 2.45) is 0 Å². The summed E-state index contributed by atoms with van der Waals surface area (Å²) in [4.78, 5) is 0. The smallest absolute Gasteiger partial charge is 0.148 e. The zero-order valence-corrected chi connectivity index (χ0v) is 30.1. The maximum atomic E-state index is 7.20. The van der Waals surface area contributed by atoms with Crippen LogP contribution in [-0.4, -0.2) is 0 Å². The van der Waals surface area contributed by atoms with Gasteiger partial charge in [-0.3, -0.25) is 0 Å². The van der Waals surface area contributed by atoms with E-state index in [1.165, 1.54) is 11.1 Å². The van der Waals surface area contributed by atoms with Gasteiger partial charge in [0.1, 0.15) is 23.0 Å². The quantitative estimate of drug-likeness (QED) is 0.157. The van der Waals surface area contributed by atoms with Crippen molar-refractivity contribution in [2.75, 3.05) is 0 Å². The highest BCUT2D eigenvalue weighted by atomic mass is 32.4. The fourth-order valence-corrected chi connectivity index (χ4v) is 11.3. The van der Waals surface area contributed by atoms with E-state index < -0.39 is 6.04 Å². The zero-order valence-electron chi connectivity index (χ0n) is 28.4. The molecule has 2 aliphatic heterocycles. The predicted molar refractivity (Wildman–Crippen MR) is 215 cm³/mol. The molecule has 0 aromatic heterocycles. The number of rotatable bonds is 10. The molecule has 2 nitrogen and oxygen atoms in total. The Morgan fingerprint density at radius 1 is 0.837 bits per heavy atom. The summed E-state index contributed by atoms with van der Waals surface area (Å²) in [5.74, 6) is 3.13. The van der Waals surface area contributed by atoms with Crippen LogP contribution in [-0.2, 0) is 11.8 Å². The molecule has 0 N–H and O–H groups in total. The number of allylic oxidation sites excluding steroid dienone is 18. The van der Waals surface area contributed by atoms with E-state index in [4.69, 9.17) is 21.3 Å². The van der Waals surface area contributed by atoms with Crippen LogP contribution in [0.4, 0.5) is 0 Å². The lowest BCUT2D eigenvalue weighted by molar-refractivity contribution is 0.393. The first-order valence-corrected chi connectivity index (χ1v) is 19.4. The molecule has 0 fully saturated rings. The van der Waals surface area contributed by atoms with Crippen molar-refractivity contribution < 1.29 is 9.47 Å². The van der Waals surface area contributed by atoms with Gasteiger partial charge in [-0.15, -0.1) is 0 Å². The van der Waals surface area contributed by atoms with Crippen LogP contribution in [0.3, 0.4) is 0 Å². The molecular weight excluding hydrogens is 636 g/mol. The molecule has 244 valence electrons. The van der Waals surface area contributed by atoms with E-state index in [9.17, 15) is 0 Å². The van der Waals surface area contributed by atoms with E-state index in [2.05, 4.69) is 112 Å². The highest BCUT2D eigenvalue weighted by molar-refractivity contribution is 8.22. The number of ether oxygens (including phenoxy) is 2. The van der Waals surface area contributed by atoms with Crippen LogP contribution in [0.5, 0.6) is 11.5 Å². The van der Waals surface area contributed by atoms with E-state index in [0.717, 1.165) is 79.4 Å². The Bertz CT molecular complexity index is 2150. The minimum absolute atomic E-state index is 0.680. The molecule has 0 amide bonds. The minimum atomic E-state index is -2.80. The number of fused-ring (bicyclic) bond motifs is 1. The van der Waals surface area contributed by atoms with Crippen LogP contribution in [0, 0.1) is 0 Å². The lowest BCUT2D eigenvalue weighted by Crippen LogP contribution is -2.28. The van der Waals surface area contributed by atoms with E-state index in [0.29, 0.717) is 5.76 Å². The largest absolute Gasteiger partial charge is 0.459 e. The Labute approximate surface area is 296 Å². The van der Waals surface area contributed by atoms with Crippen molar-refractivity contribution in [1.82, 2.24) is 0 Å². The van der Waals surface area contributed by atoms with Crippen LogP contribution in [0.15, 0.2) is 187 Å². The van der Waals surface area contributed by atoms with E-state index in [1.807, 2.05) is 55.5 Å². The van der Waals surface area contributed by atoms with Gasteiger partial charge in [0, 0.05) is 28.2 Å². The first-order valence-electron chi connectivity index (χ1n) is 16.6. The summed E-state index contributed by atoms with van der Waals surface area (Å²) in [7, 11) is 0. The number of benzene rings is 3. The lowest BCUT2D eigenvalue weighted by Gasteiger charge is -2.41. The molecule has 0 saturated carbocycles. The Hall–Kier alpha value is -4.95. The maximum Gasteiger partial charge on any atom is 0.148 e. The molecule has 3 aromatic carbocycles. The highest BCUT2D eigenvalue weighted by Crippen LogP contribution is 2.72. The summed E-state index contributed by atoms with van der Waals surface area (Å²) in [6.45, 7) is 18.4. The molecule has 2 heterocycles. The lowest BCUT2D eigenvalue weighted by atomic mass is 9.95. The van der Waals surface area contributed by atoms with Gasteiger partial charge in [0.2, 0.25) is 0 Å². The van der Waals surface area contributed by atoms with Crippen molar-refractivity contribution in [1.29, 1.82) is 0 Å². The van der Waals surface area contributed by atoms with Crippen molar-refractivity contribution >= 4 is 34.3 Å². The van der Waals surface area contributed by atoms with Gasteiger partial charge in [-0.1, -0.05) is 141 Å². The normalized spacial score (nSPS) is 19.2. The fraction of sp³-hybridized carbons (Fsp3) is 0.111. The van der Waals surface area contributed by atoms with Crippen LogP contribution >= 0.6 is 6.04 Å². The van der Waals surface area contributed by atoms with Crippen molar-refractivity contribution in [2.45, 2.75) is 33.6 Å². The van der Waals surface area contributed by atoms with Gasteiger partial charge in [-0.05, 0) is 84.9 Å². The van der Waals surface area contributed by atoms with E-state index >= 15 is 0 Å². The summed E-state index contributed by atoms with van der Waals surface area (Å²) >= 11 is 7.20. The fourth-order valence-electron chi connectivity index (χ4n) is 6.58. The first-order chi connectivity index (χ1) is 23.8. The highest BCUT2D eigenvalue weighted by Gasteiger charge is 2.46. The Morgan fingerprint density at radius 2 is 1.57 bits per heavy atom. The molecule has 0 saturated heterocycles. The van der Waals surface area contributed by atoms with E-state index in [1.54, 1.807) is 6.08 Å². The second-order valence-electron chi connectivity index (χ2n) is 12.1. The second kappa shape index (κ2) is 14.7. The summed E-state index contributed by atoms with van der Waals surface area (Å²) in [5, 5.41) is 3.00. The van der Waals surface area contributed by atoms with Gasteiger partial charge in [-0.2, -0.15) is 0 Å². The summed E-state index contributed by atoms with van der Waals surface area (Å²) in [5.41, 5.74) is 8.64. The van der Waals surface area contributed by atoms with Gasteiger partial charge < -0.3 is 9.47 Å². The average Bonchev–Trinajstić information content (AvgIpc) is 3.13. The topological polar surface area (TPSA) is 18.5 Å². The third kappa shape index (κ3) is 6.33. The molecule has 49 heavy (non-hydrogen) atoms. The Balaban J connectivity index is 1.74. The minimum Gasteiger partial charge on any atom is -0.459 e. The van der Waals surface area contributed by atoms with Crippen LogP contribution in [0.25, 0.3) is 22.3 Å². The van der Waals surface area contributed by atoms with Gasteiger partial charge in [0.15, 0.2) is 0 Å². The third-order valence-electron chi connectivity index (χ3n) is 9.02.